The van der Waals surface area contributed by atoms with Crippen molar-refractivity contribution in [3.05, 3.63) is 164 Å². The second-order valence-electron chi connectivity index (χ2n) is 11.5. The molecule has 0 fully saturated rings. The van der Waals surface area contributed by atoms with E-state index in [-0.39, 0.29) is 0 Å². The van der Waals surface area contributed by atoms with Gasteiger partial charge in [0.05, 0.1) is 58.1 Å². The standard InChI is InChI=1S/C40H27N8/c1-3-15-33-31(13-1)32-14-2-4-16-34(32)38-37(33)45-39-35(47(27-9-5-19-41-23-27)28-10-6-20-42-24-28)17-18-36(40(39)46-38)48(29-11-7-21-43-25-29)30-12-8-22-44-26-30/h1-25H,26H2/q-1. The predicted octanol–water partition coefficient (Wildman–Crippen LogP) is 9.67. The van der Waals surface area contributed by atoms with Crippen LogP contribution < -0.4 is 9.80 Å². The Labute approximate surface area is 276 Å². The van der Waals surface area contributed by atoms with Crippen LogP contribution in [0.25, 0.3) is 48.9 Å². The molecular formula is C40H27N8-. The van der Waals surface area contributed by atoms with Gasteiger partial charge in [-0.25, -0.2) is 9.97 Å². The number of hydrogen-bond acceptors (Lipinski definition) is 7. The number of fused-ring (bicyclic) bond motifs is 7. The average molecular weight is 620 g/mol. The summed E-state index contributed by atoms with van der Waals surface area (Å²) in [5, 5.41) is 8.97. The molecule has 9 rings (SSSR count). The summed E-state index contributed by atoms with van der Waals surface area (Å²) in [6.45, 7) is 0.515. The lowest BCUT2D eigenvalue weighted by Gasteiger charge is -2.34. The number of benzene rings is 4. The zero-order valence-corrected chi connectivity index (χ0v) is 25.7. The van der Waals surface area contributed by atoms with Gasteiger partial charge >= 0.3 is 0 Å². The van der Waals surface area contributed by atoms with Crippen LogP contribution in [0, 0.1) is 0 Å². The predicted molar refractivity (Wildman–Crippen MR) is 194 cm³/mol. The Balaban J connectivity index is 1.44. The SMILES string of the molecule is C1=C[N-]CC(N(c2cccnc2)c2ccc(N(c3cccnc3)c3cccnc3)c3nc4c5ccccc5c5ccccc5c4nc23)=C1. The molecule has 0 aliphatic carbocycles. The van der Waals surface area contributed by atoms with Crippen molar-refractivity contribution in [1.82, 2.24) is 24.9 Å². The molecule has 1 aliphatic rings. The smallest absolute Gasteiger partial charge is 0.116 e. The number of allylic oxidation sites excluding steroid dienone is 2. The Hall–Kier alpha value is -6.67. The molecule has 8 aromatic rings. The minimum atomic E-state index is 0.515. The van der Waals surface area contributed by atoms with Gasteiger partial charge in [0.25, 0.3) is 0 Å². The third-order valence-electron chi connectivity index (χ3n) is 8.65. The third kappa shape index (κ3) is 4.58. The maximum Gasteiger partial charge on any atom is 0.116 e. The minimum absolute atomic E-state index is 0.515. The lowest BCUT2D eigenvalue weighted by molar-refractivity contribution is 1.09. The molecule has 0 N–H and O–H groups in total. The number of anilines is 5. The maximum atomic E-state index is 5.57. The number of aromatic nitrogens is 5. The highest BCUT2D eigenvalue weighted by molar-refractivity contribution is 6.24. The van der Waals surface area contributed by atoms with Crippen LogP contribution >= 0.6 is 0 Å². The van der Waals surface area contributed by atoms with Gasteiger partial charge in [0, 0.05) is 35.1 Å². The first-order chi connectivity index (χ1) is 23.8. The second kappa shape index (κ2) is 11.6. The summed E-state index contributed by atoms with van der Waals surface area (Å²) in [5.41, 5.74) is 8.58. The van der Waals surface area contributed by atoms with Gasteiger partial charge in [-0.15, -0.1) is 0 Å². The van der Waals surface area contributed by atoms with E-state index in [0.717, 1.165) is 77.7 Å². The van der Waals surface area contributed by atoms with Crippen LogP contribution in [-0.2, 0) is 0 Å². The molecule has 4 aromatic heterocycles. The van der Waals surface area contributed by atoms with Crippen LogP contribution in [0.4, 0.5) is 28.4 Å². The first-order valence-corrected chi connectivity index (χ1v) is 15.7. The van der Waals surface area contributed by atoms with Gasteiger partial charge in [0.2, 0.25) is 0 Å². The van der Waals surface area contributed by atoms with Crippen molar-refractivity contribution in [1.29, 1.82) is 0 Å². The molecule has 0 atom stereocenters. The summed E-state index contributed by atoms with van der Waals surface area (Å²) in [6, 6.07) is 33.1. The molecular weight excluding hydrogens is 592 g/mol. The first-order valence-electron chi connectivity index (χ1n) is 15.7. The molecule has 0 saturated heterocycles. The van der Waals surface area contributed by atoms with Crippen molar-refractivity contribution in [3.8, 4) is 0 Å². The number of nitrogens with zero attached hydrogens (tertiary/aromatic N) is 8. The first kappa shape index (κ1) is 27.6. The van der Waals surface area contributed by atoms with E-state index < -0.39 is 0 Å². The van der Waals surface area contributed by atoms with E-state index in [0.29, 0.717) is 6.54 Å². The highest BCUT2D eigenvalue weighted by Gasteiger charge is 2.24. The van der Waals surface area contributed by atoms with E-state index in [1.54, 1.807) is 18.6 Å². The molecule has 0 amide bonds. The second-order valence-corrected chi connectivity index (χ2v) is 11.5. The van der Waals surface area contributed by atoms with E-state index >= 15 is 0 Å². The molecule has 4 aromatic carbocycles. The molecule has 0 bridgehead atoms. The molecule has 48 heavy (non-hydrogen) atoms. The Morgan fingerprint density at radius 3 is 1.42 bits per heavy atom. The Bertz CT molecular complexity index is 2480. The molecule has 0 radical (unpaired) electrons. The summed E-state index contributed by atoms with van der Waals surface area (Å²) in [5.74, 6) is 0. The Morgan fingerprint density at radius 1 is 0.479 bits per heavy atom. The van der Waals surface area contributed by atoms with Crippen LogP contribution in [0.1, 0.15) is 0 Å². The maximum absolute atomic E-state index is 5.57. The van der Waals surface area contributed by atoms with Crippen LogP contribution in [0.5, 0.6) is 0 Å². The van der Waals surface area contributed by atoms with Crippen molar-refractivity contribution in [3.63, 3.8) is 0 Å². The van der Waals surface area contributed by atoms with Gasteiger partial charge < -0.3 is 15.1 Å². The lowest BCUT2D eigenvalue weighted by atomic mass is 9.99. The monoisotopic (exact) mass is 619 g/mol. The van der Waals surface area contributed by atoms with Crippen molar-refractivity contribution in [2.24, 2.45) is 0 Å². The van der Waals surface area contributed by atoms with E-state index in [4.69, 9.17) is 9.97 Å². The van der Waals surface area contributed by atoms with Crippen molar-refractivity contribution >= 4 is 72.0 Å². The van der Waals surface area contributed by atoms with Gasteiger partial charge in [-0.3, -0.25) is 15.0 Å². The average Bonchev–Trinajstić information content (AvgIpc) is 3.17. The minimum Gasteiger partial charge on any atom is -0.686 e. The normalized spacial score (nSPS) is 12.7. The molecule has 5 heterocycles. The van der Waals surface area contributed by atoms with E-state index in [9.17, 15) is 0 Å². The highest BCUT2D eigenvalue weighted by atomic mass is 15.2. The summed E-state index contributed by atoms with van der Waals surface area (Å²) in [6.07, 6.45) is 16.8. The summed E-state index contributed by atoms with van der Waals surface area (Å²) in [7, 11) is 0. The Kier molecular flexibility index (Phi) is 6.68. The van der Waals surface area contributed by atoms with Crippen LogP contribution in [-0.4, -0.2) is 31.5 Å². The molecule has 1 aliphatic heterocycles. The van der Waals surface area contributed by atoms with E-state index in [2.05, 4.69) is 103 Å². The topological polar surface area (TPSA) is 85.0 Å². The zero-order chi connectivity index (χ0) is 31.9. The van der Waals surface area contributed by atoms with Crippen molar-refractivity contribution in [2.75, 3.05) is 16.3 Å². The molecule has 0 spiro atoms. The molecule has 0 saturated carbocycles. The fourth-order valence-corrected chi connectivity index (χ4v) is 6.60. The van der Waals surface area contributed by atoms with E-state index in [1.165, 1.54) is 0 Å². The van der Waals surface area contributed by atoms with Gasteiger partial charge in [0.15, 0.2) is 0 Å². The number of hydrogen-bond donors (Lipinski definition) is 0. The summed E-state index contributed by atoms with van der Waals surface area (Å²) >= 11 is 0. The van der Waals surface area contributed by atoms with Crippen LogP contribution in [0.3, 0.4) is 0 Å². The van der Waals surface area contributed by atoms with Crippen LogP contribution in [0.2, 0.25) is 0 Å². The van der Waals surface area contributed by atoms with Gasteiger partial charge in [-0.1, -0.05) is 61.2 Å². The lowest BCUT2D eigenvalue weighted by Crippen LogP contribution is -2.21. The fourth-order valence-electron chi connectivity index (χ4n) is 6.60. The molecule has 8 nitrogen and oxygen atoms in total. The quantitative estimate of drug-likeness (QED) is 0.135. The van der Waals surface area contributed by atoms with Gasteiger partial charge in [0.1, 0.15) is 11.0 Å². The zero-order valence-electron chi connectivity index (χ0n) is 25.7. The van der Waals surface area contributed by atoms with Crippen LogP contribution in [0.15, 0.2) is 158 Å². The van der Waals surface area contributed by atoms with Gasteiger partial charge in [-0.05, 0) is 65.4 Å². The third-order valence-corrected chi connectivity index (χ3v) is 8.65. The number of pyridine rings is 3. The van der Waals surface area contributed by atoms with Crippen molar-refractivity contribution < 1.29 is 0 Å². The van der Waals surface area contributed by atoms with Gasteiger partial charge in [-0.2, -0.15) is 6.20 Å². The number of rotatable bonds is 6. The molecule has 0 unspecified atom stereocenters. The van der Waals surface area contributed by atoms with E-state index in [1.807, 2.05) is 61.2 Å². The fraction of sp³-hybridized carbons (Fsp3) is 0.0250. The summed E-state index contributed by atoms with van der Waals surface area (Å²) in [4.78, 5) is 28.9. The molecule has 8 heteroatoms. The van der Waals surface area contributed by atoms with Crippen molar-refractivity contribution in [2.45, 2.75) is 0 Å². The highest BCUT2D eigenvalue weighted by Crippen LogP contribution is 2.44. The Morgan fingerprint density at radius 2 is 0.958 bits per heavy atom. The largest absolute Gasteiger partial charge is 0.686 e. The summed E-state index contributed by atoms with van der Waals surface area (Å²) < 4.78 is 0. The molecule has 228 valence electrons.